The minimum atomic E-state index is -0.822. The van der Waals surface area contributed by atoms with Crippen molar-refractivity contribution in [2.24, 2.45) is 0 Å². The third kappa shape index (κ3) is 2.99. The average molecular weight is 278 g/mol. The zero-order chi connectivity index (χ0) is 14.0. The van der Waals surface area contributed by atoms with Gasteiger partial charge in [0.1, 0.15) is 0 Å². The maximum atomic E-state index is 11.1. The van der Waals surface area contributed by atoms with E-state index in [1.807, 2.05) is 48.7 Å². The quantitative estimate of drug-likeness (QED) is 0.923. The summed E-state index contributed by atoms with van der Waals surface area (Å²) < 4.78 is 2.04. The highest BCUT2D eigenvalue weighted by atomic mass is 35.5. The monoisotopic (exact) mass is 277 g/mol. The number of aryl methyl sites for hydroxylation is 2. The van der Waals surface area contributed by atoms with Gasteiger partial charge in [-0.3, -0.25) is 4.79 Å². The molecule has 3 nitrogen and oxygen atoms in total. The van der Waals surface area contributed by atoms with Crippen LogP contribution in [-0.2, 0) is 4.79 Å². The highest BCUT2D eigenvalue weighted by molar-refractivity contribution is 6.30. The van der Waals surface area contributed by atoms with Gasteiger partial charge in [-0.2, -0.15) is 0 Å². The lowest BCUT2D eigenvalue weighted by Crippen LogP contribution is -2.17. The molecular weight excluding hydrogens is 262 g/mol. The van der Waals surface area contributed by atoms with Crippen LogP contribution in [0.1, 0.15) is 29.4 Å². The Kier molecular flexibility index (Phi) is 3.96. The van der Waals surface area contributed by atoms with Gasteiger partial charge in [-0.05, 0) is 43.7 Å². The second-order valence-electron chi connectivity index (χ2n) is 4.65. The van der Waals surface area contributed by atoms with Gasteiger partial charge in [-0.25, -0.2) is 0 Å². The highest BCUT2D eigenvalue weighted by Crippen LogP contribution is 2.28. The first-order valence-electron chi connectivity index (χ1n) is 6.10. The van der Waals surface area contributed by atoms with Crippen molar-refractivity contribution < 1.29 is 9.90 Å². The van der Waals surface area contributed by atoms with Gasteiger partial charge < -0.3 is 9.67 Å². The van der Waals surface area contributed by atoms with E-state index in [1.54, 1.807) is 6.07 Å². The Labute approximate surface area is 117 Å². The lowest BCUT2D eigenvalue weighted by molar-refractivity contribution is -0.137. The Morgan fingerprint density at radius 3 is 2.42 bits per heavy atom. The van der Waals surface area contributed by atoms with Gasteiger partial charge in [0.05, 0.1) is 12.5 Å². The smallest absolute Gasteiger partial charge is 0.305 e. The number of halogens is 1. The molecule has 0 aliphatic heterocycles. The number of benzene rings is 1. The largest absolute Gasteiger partial charge is 0.481 e. The van der Waals surface area contributed by atoms with Gasteiger partial charge in [0.2, 0.25) is 0 Å². The van der Waals surface area contributed by atoms with E-state index in [-0.39, 0.29) is 12.5 Å². The molecule has 1 atom stereocenters. The molecule has 4 heteroatoms. The Morgan fingerprint density at radius 1 is 1.26 bits per heavy atom. The van der Waals surface area contributed by atoms with Gasteiger partial charge in [0, 0.05) is 16.4 Å². The van der Waals surface area contributed by atoms with Gasteiger partial charge in [-0.1, -0.05) is 23.7 Å². The van der Waals surface area contributed by atoms with Crippen LogP contribution in [0.5, 0.6) is 0 Å². The van der Waals surface area contributed by atoms with Gasteiger partial charge >= 0.3 is 5.97 Å². The van der Waals surface area contributed by atoms with Crippen molar-refractivity contribution in [3.8, 4) is 0 Å². The molecule has 1 aromatic heterocycles. The zero-order valence-corrected chi connectivity index (χ0v) is 11.7. The van der Waals surface area contributed by atoms with E-state index in [2.05, 4.69) is 0 Å². The zero-order valence-electron chi connectivity index (χ0n) is 10.9. The number of hydrogen-bond acceptors (Lipinski definition) is 1. The molecule has 1 aromatic carbocycles. The van der Waals surface area contributed by atoms with Crippen molar-refractivity contribution in [1.29, 1.82) is 0 Å². The second kappa shape index (κ2) is 5.49. The van der Waals surface area contributed by atoms with E-state index in [4.69, 9.17) is 16.7 Å². The maximum Gasteiger partial charge on any atom is 0.305 e. The summed E-state index contributed by atoms with van der Waals surface area (Å²) in [5, 5.41) is 9.77. The van der Waals surface area contributed by atoms with Crippen LogP contribution >= 0.6 is 11.6 Å². The van der Waals surface area contributed by atoms with E-state index < -0.39 is 5.97 Å². The molecule has 0 radical (unpaired) electrons. The number of nitrogens with zero attached hydrogens (tertiary/aromatic N) is 1. The number of rotatable bonds is 4. The standard InChI is InChI=1S/C15H16ClNO2/c1-10-6-7-11(2)17(10)14(9-15(18)19)12-4-3-5-13(16)8-12/h3-8,14H,9H2,1-2H3,(H,18,19)/t14-/m0/s1. The van der Waals surface area contributed by atoms with Crippen LogP contribution in [0.2, 0.25) is 5.02 Å². The molecule has 2 rings (SSSR count). The van der Waals surface area contributed by atoms with Crippen LogP contribution in [-0.4, -0.2) is 15.6 Å². The second-order valence-corrected chi connectivity index (χ2v) is 5.09. The van der Waals surface area contributed by atoms with E-state index in [9.17, 15) is 4.79 Å². The molecule has 0 aliphatic rings. The van der Waals surface area contributed by atoms with Crippen molar-refractivity contribution in [1.82, 2.24) is 4.57 Å². The first-order chi connectivity index (χ1) is 8.99. The van der Waals surface area contributed by atoms with Crippen LogP contribution in [0.3, 0.4) is 0 Å². The number of carboxylic acid groups (broad SMARTS) is 1. The normalized spacial score (nSPS) is 12.4. The van der Waals surface area contributed by atoms with E-state index in [0.29, 0.717) is 5.02 Å². The molecule has 0 aliphatic carbocycles. The topological polar surface area (TPSA) is 42.2 Å². The lowest BCUT2D eigenvalue weighted by Gasteiger charge is -2.22. The SMILES string of the molecule is Cc1ccc(C)n1[C@@H](CC(=O)O)c1cccc(Cl)c1. The maximum absolute atomic E-state index is 11.1. The first-order valence-corrected chi connectivity index (χ1v) is 6.48. The molecule has 0 saturated heterocycles. The minimum Gasteiger partial charge on any atom is -0.481 e. The van der Waals surface area contributed by atoms with E-state index >= 15 is 0 Å². The molecule has 0 saturated carbocycles. The minimum absolute atomic E-state index is 0.0384. The molecule has 0 amide bonds. The molecule has 1 heterocycles. The van der Waals surface area contributed by atoms with Crippen LogP contribution in [0, 0.1) is 13.8 Å². The van der Waals surface area contributed by atoms with Gasteiger partial charge in [-0.15, -0.1) is 0 Å². The van der Waals surface area contributed by atoms with Crippen molar-refractivity contribution in [3.05, 3.63) is 58.4 Å². The van der Waals surface area contributed by atoms with Crippen LogP contribution in [0.4, 0.5) is 0 Å². The fourth-order valence-electron chi connectivity index (χ4n) is 2.41. The number of hydrogen-bond donors (Lipinski definition) is 1. The van der Waals surface area contributed by atoms with Crippen LogP contribution in [0.25, 0.3) is 0 Å². The average Bonchev–Trinajstić information content (AvgIpc) is 2.66. The Morgan fingerprint density at radius 2 is 1.89 bits per heavy atom. The van der Waals surface area contributed by atoms with Crippen LogP contribution in [0.15, 0.2) is 36.4 Å². The fraction of sp³-hybridized carbons (Fsp3) is 0.267. The summed E-state index contributed by atoms with van der Waals surface area (Å²) in [6.45, 7) is 3.96. The molecule has 1 N–H and O–H groups in total. The van der Waals surface area contributed by atoms with E-state index in [1.165, 1.54) is 0 Å². The summed E-state index contributed by atoms with van der Waals surface area (Å²) in [5.74, 6) is -0.822. The van der Waals surface area contributed by atoms with Gasteiger partial charge in [0.25, 0.3) is 0 Å². The predicted octanol–water partition coefficient (Wildman–Crippen LogP) is 3.82. The number of carbonyl (C=O) groups is 1. The molecule has 2 aromatic rings. The molecular formula is C15H16ClNO2. The summed E-state index contributed by atoms with van der Waals surface area (Å²) in [4.78, 5) is 11.1. The van der Waals surface area contributed by atoms with Crippen molar-refractivity contribution in [3.63, 3.8) is 0 Å². The summed E-state index contributed by atoms with van der Waals surface area (Å²) in [7, 11) is 0. The summed E-state index contributed by atoms with van der Waals surface area (Å²) in [6.07, 6.45) is 0.0384. The molecule has 0 unspecified atom stereocenters. The van der Waals surface area contributed by atoms with E-state index in [0.717, 1.165) is 17.0 Å². The Balaban J connectivity index is 2.50. The van der Waals surface area contributed by atoms with Crippen molar-refractivity contribution in [2.75, 3.05) is 0 Å². The van der Waals surface area contributed by atoms with Gasteiger partial charge in [0.15, 0.2) is 0 Å². The van der Waals surface area contributed by atoms with Crippen molar-refractivity contribution >= 4 is 17.6 Å². The number of carboxylic acids is 1. The fourth-order valence-corrected chi connectivity index (χ4v) is 2.61. The molecule has 0 spiro atoms. The molecule has 0 bridgehead atoms. The Bertz CT molecular complexity index is 584. The summed E-state index contributed by atoms with van der Waals surface area (Å²) in [6, 6.07) is 11.1. The lowest BCUT2D eigenvalue weighted by atomic mass is 10.0. The predicted molar refractivity (Wildman–Crippen MR) is 75.7 cm³/mol. The molecule has 19 heavy (non-hydrogen) atoms. The third-order valence-electron chi connectivity index (χ3n) is 3.24. The highest BCUT2D eigenvalue weighted by Gasteiger charge is 2.20. The first kappa shape index (κ1) is 13.7. The number of aliphatic carboxylic acids is 1. The Hall–Kier alpha value is -1.74. The summed E-state index contributed by atoms with van der Waals surface area (Å²) in [5.41, 5.74) is 3.00. The summed E-state index contributed by atoms with van der Waals surface area (Å²) >= 11 is 6.01. The van der Waals surface area contributed by atoms with Crippen molar-refractivity contribution in [2.45, 2.75) is 26.3 Å². The van der Waals surface area contributed by atoms with Crippen LogP contribution < -0.4 is 0 Å². The molecule has 0 fully saturated rings. The molecule has 100 valence electrons. The number of aromatic nitrogens is 1. The third-order valence-corrected chi connectivity index (χ3v) is 3.47.